The summed E-state index contributed by atoms with van der Waals surface area (Å²) in [5, 5.41) is 11.2. The Balaban J connectivity index is 1.33. The van der Waals surface area contributed by atoms with Crippen LogP contribution in [0.1, 0.15) is 77.3 Å². The van der Waals surface area contributed by atoms with Crippen molar-refractivity contribution in [3.8, 4) is 11.8 Å². The lowest BCUT2D eigenvalue weighted by Gasteiger charge is -2.61. The summed E-state index contributed by atoms with van der Waals surface area (Å²) < 4.78 is 5.70. The van der Waals surface area contributed by atoms with Crippen LogP contribution in [0.5, 0.6) is 0 Å². The molecule has 30 heavy (non-hydrogen) atoms. The quantitative estimate of drug-likeness (QED) is 0.499. The number of pyridine rings is 1. The van der Waals surface area contributed by atoms with Gasteiger partial charge >= 0.3 is 0 Å². The van der Waals surface area contributed by atoms with Gasteiger partial charge in [-0.3, -0.25) is 0 Å². The molecule has 0 amide bonds. The Labute approximate surface area is 182 Å². The van der Waals surface area contributed by atoms with Gasteiger partial charge in [-0.25, -0.2) is 4.98 Å². The summed E-state index contributed by atoms with van der Waals surface area (Å²) in [5.74, 6) is 9.45. The van der Waals surface area contributed by atoms with Crippen molar-refractivity contribution in [2.24, 2.45) is 40.4 Å². The number of aliphatic hydroxyl groups is 1. The van der Waals surface area contributed by atoms with Crippen LogP contribution >= 0.6 is 0 Å². The van der Waals surface area contributed by atoms with E-state index in [1.165, 1.54) is 38.5 Å². The second-order valence-corrected chi connectivity index (χ2v) is 11.1. The first kappa shape index (κ1) is 20.5. The van der Waals surface area contributed by atoms with Crippen molar-refractivity contribution < 1.29 is 9.84 Å². The smallest absolute Gasteiger partial charge is 0.170 e. The maximum absolute atomic E-state index is 11.2. The van der Waals surface area contributed by atoms with Crippen molar-refractivity contribution in [3.05, 3.63) is 30.1 Å². The monoisotopic (exact) mass is 407 g/mol. The summed E-state index contributed by atoms with van der Waals surface area (Å²) in [4.78, 5) is 4.36. The van der Waals surface area contributed by atoms with Gasteiger partial charge in [0, 0.05) is 31.1 Å². The third-order valence-corrected chi connectivity index (χ3v) is 10.1. The van der Waals surface area contributed by atoms with Crippen LogP contribution in [0.4, 0.5) is 0 Å². The summed E-state index contributed by atoms with van der Waals surface area (Å²) in [6, 6.07) is 5.97. The van der Waals surface area contributed by atoms with Gasteiger partial charge in [-0.15, -0.1) is 0 Å². The summed E-state index contributed by atoms with van der Waals surface area (Å²) in [7, 11) is 1.70. The van der Waals surface area contributed by atoms with Crippen LogP contribution in [0.3, 0.4) is 0 Å². The highest BCUT2D eigenvalue weighted by Gasteiger charge is 2.65. The molecule has 4 aliphatic rings. The highest BCUT2D eigenvalue weighted by molar-refractivity contribution is 5.28. The predicted molar refractivity (Wildman–Crippen MR) is 118 cm³/mol. The molecule has 3 heteroatoms. The first-order chi connectivity index (χ1) is 14.4. The van der Waals surface area contributed by atoms with E-state index in [4.69, 9.17) is 4.74 Å². The summed E-state index contributed by atoms with van der Waals surface area (Å²) in [6.07, 6.45) is 12.5. The van der Waals surface area contributed by atoms with Gasteiger partial charge < -0.3 is 9.84 Å². The van der Waals surface area contributed by atoms with Crippen LogP contribution in [0, 0.1) is 52.3 Å². The van der Waals surface area contributed by atoms with Crippen molar-refractivity contribution in [3.63, 3.8) is 0 Å². The fourth-order valence-electron chi connectivity index (χ4n) is 8.31. The highest BCUT2D eigenvalue weighted by Crippen LogP contribution is 2.68. The number of ether oxygens (including phenoxy) is 1. The van der Waals surface area contributed by atoms with Crippen molar-refractivity contribution >= 4 is 0 Å². The average molecular weight is 408 g/mol. The third kappa shape index (κ3) is 2.98. The van der Waals surface area contributed by atoms with E-state index in [1.807, 2.05) is 24.4 Å². The number of aromatic nitrogens is 1. The number of hydrogen-bond donors (Lipinski definition) is 1. The van der Waals surface area contributed by atoms with Crippen molar-refractivity contribution in [1.29, 1.82) is 0 Å². The number of fused-ring (bicyclic) bond motifs is 5. The fourth-order valence-corrected chi connectivity index (χ4v) is 8.31. The SMILES string of the molecule is COC1(O)CC[C@H]2[C@@H]3CCC4CC(C#Cc5ccccn5)CC[C@]4(C)[C@@H]3CC[C@@]21C. The molecule has 4 aliphatic carbocycles. The van der Waals surface area contributed by atoms with Gasteiger partial charge in [-0.1, -0.05) is 25.8 Å². The topological polar surface area (TPSA) is 42.4 Å². The molecular formula is C27H37NO2. The van der Waals surface area contributed by atoms with E-state index >= 15 is 0 Å². The van der Waals surface area contributed by atoms with Gasteiger partial charge in [-0.05, 0) is 98.5 Å². The second kappa shape index (κ2) is 7.35. The Kier molecular flexibility index (Phi) is 5.03. The van der Waals surface area contributed by atoms with Crippen molar-refractivity contribution in [2.45, 2.75) is 77.4 Å². The van der Waals surface area contributed by atoms with Gasteiger partial charge in [0.1, 0.15) is 5.69 Å². The molecule has 5 rings (SSSR count). The van der Waals surface area contributed by atoms with Gasteiger partial charge in [0.15, 0.2) is 5.79 Å². The molecule has 0 bridgehead atoms. The minimum absolute atomic E-state index is 0.0719. The van der Waals surface area contributed by atoms with E-state index in [0.717, 1.165) is 42.7 Å². The van der Waals surface area contributed by atoms with Crippen LogP contribution in [-0.2, 0) is 4.74 Å². The number of nitrogens with zero attached hydrogens (tertiary/aromatic N) is 1. The van der Waals surface area contributed by atoms with E-state index < -0.39 is 5.79 Å². The average Bonchev–Trinajstić information content (AvgIpc) is 3.04. The normalized spacial score (nSPS) is 47.4. The largest absolute Gasteiger partial charge is 0.365 e. The molecule has 1 aromatic heterocycles. The molecular weight excluding hydrogens is 370 g/mol. The molecule has 4 fully saturated rings. The third-order valence-electron chi connectivity index (χ3n) is 10.1. The second-order valence-electron chi connectivity index (χ2n) is 11.1. The Hall–Kier alpha value is -1.37. The molecule has 0 radical (unpaired) electrons. The van der Waals surface area contributed by atoms with E-state index in [9.17, 15) is 5.11 Å². The Bertz CT molecular complexity index is 843. The minimum Gasteiger partial charge on any atom is -0.365 e. The van der Waals surface area contributed by atoms with Crippen LogP contribution < -0.4 is 0 Å². The van der Waals surface area contributed by atoms with Crippen LogP contribution in [0.15, 0.2) is 24.4 Å². The van der Waals surface area contributed by atoms with E-state index in [2.05, 4.69) is 30.7 Å². The zero-order valence-corrected chi connectivity index (χ0v) is 18.9. The zero-order valence-electron chi connectivity index (χ0n) is 18.9. The number of hydrogen-bond acceptors (Lipinski definition) is 3. The highest BCUT2D eigenvalue weighted by atomic mass is 16.6. The molecule has 8 atom stereocenters. The molecule has 3 unspecified atom stereocenters. The van der Waals surface area contributed by atoms with Gasteiger partial charge in [0.05, 0.1) is 0 Å². The first-order valence-electron chi connectivity index (χ1n) is 12.1. The van der Waals surface area contributed by atoms with Crippen LogP contribution in [0.25, 0.3) is 0 Å². The van der Waals surface area contributed by atoms with Gasteiger partial charge in [0.2, 0.25) is 0 Å². The Morgan fingerprint density at radius 1 is 1.03 bits per heavy atom. The summed E-state index contributed by atoms with van der Waals surface area (Å²) in [5.41, 5.74) is 1.27. The molecule has 4 saturated carbocycles. The van der Waals surface area contributed by atoms with Crippen LogP contribution in [0.2, 0.25) is 0 Å². The minimum atomic E-state index is -0.918. The van der Waals surface area contributed by atoms with Crippen molar-refractivity contribution in [2.75, 3.05) is 7.11 Å². The molecule has 0 aliphatic heterocycles. The molecule has 162 valence electrons. The summed E-state index contributed by atoms with van der Waals surface area (Å²) in [6.45, 7) is 4.90. The maximum atomic E-state index is 11.2. The fraction of sp³-hybridized carbons (Fsp3) is 0.741. The van der Waals surface area contributed by atoms with E-state index in [1.54, 1.807) is 7.11 Å². The molecule has 1 heterocycles. The lowest BCUT2D eigenvalue weighted by Crippen LogP contribution is -2.57. The van der Waals surface area contributed by atoms with Crippen molar-refractivity contribution in [1.82, 2.24) is 4.98 Å². The maximum Gasteiger partial charge on any atom is 0.170 e. The van der Waals surface area contributed by atoms with E-state index in [-0.39, 0.29) is 5.41 Å². The molecule has 0 aromatic carbocycles. The molecule has 0 spiro atoms. The lowest BCUT2D eigenvalue weighted by molar-refractivity contribution is -0.266. The van der Waals surface area contributed by atoms with Gasteiger partial charge in [0.25, 0.3) is 0 Å². The van der Waals surface area contributed by atoms with Gasteiger partial charge in [-0.2, -0.15) is 0 Å². The zero-order chi connectivity index (χ0) is 21.0. The standard InChI is InChI=1S/C27H37NO2/c1-25-14-11-19(7-9-21-6-4-5-17-28-21)18-20(25)8-10-22-23(25)12-15-26(2)24(22)13-16-27(26,29)30-3/h4-6,17,19-20,22-24,29H,8,10-16,18H2,1-3H3/t19?,20?,22-,23-,24+,25+,26+,27?/m1/s1. The summed E-state index contributed by atoms with van der Waals surface area (Å²) >= 11 is 0. The first-order valence-corrected chi connectivity index (χ1v) is 12.1. The Morgan fingerprint density at radius 2 is 1.87 bits per heavy atom. The number of rotatable bonds is 1. The lowest BCUT2D eigenvalue weighted by atomic mass is 9.44. The molecule has 1 N–H and O–H groups in total. The molecule has 3 nitrogen and oxygen atoms in total. The van der Waals surface area contributed by atoms with E-state index in [0.29, 0.717) is 17.3 Å². The van der Waals surface area contributed by atoms with Crippen LogP contribution in [-0.4, -0.2) is 23.0 Å². The molecule has 1 aromatic rings. The predicted octanol–water partition coefficient (Wildman–Crippen LogP) is 5.43. The Morgan fingerprint density at radius 3 is 2.63 bits per heavy atom. The molecule has 0 saturated heterocycles. The number of methoxy groups -OCH3 is 1.